The van der Waals surface area contributed by atoms with E-state index >= 15 is 0 Å². The minimum atomic E-state index is -0.644. The predicted molar refractivity (Wildman–Crippen MR) is 86.2 cm³/mol. The molecule has 6 heteroatoms. The molecule has 0 spiro atoms. The molecule has 0 atom stereocenters. The predicted octanol–water partition coefficient (Wildman–Crippen LogP) is 5.10. The lowest BCUT2D eigenvalue weighted by atomic mass is 10.2. The van der Waals surface area contributed by atoms with Crippen molar-refractivity contribution in [3.8, 4) is 0 Å². The SMILES string of the molecule is O=C(Nc1cc(Br)ccc1I)c1ccc(Cl)cc1F. The van der Waals surface area contributed by atoms with Gasteiger partial charge in [0, 0.05) is 13.1 Å². The van der Waals surface area contributed by atoms with Gasteiger partial charge in [-0.1, -0.05) is 27.5 Å². The zero-order valence-electron chi connectivity index (χ0n) is 9.38. The first kappa shape index (κ1) is 14.7. The molecule has 0 saturated carbocycles. The lowest BCUT2D eigenvalue weighted by molar-refractivity contribution is 0.102. The van der Waals surface area contributed by atoms with Gasteiger partial charge in [0.05, 0.1) is 11.3 Å². The van der Waals surface area contributed by atoms with Crippen LogP contribution in [0.1, 0.15) is 10.4 Å². The number of nitrogens with one attached hydrogen (secondary N) is 1. The molecule has 1 N–H and O–H groups in total. The summed E-state index contributed by atoms with van der Waals surface area (Å²) >= 11 is 11.1. The van der Waals surface area contributed by atoms with E-state index in [2.05, 4.69) is 43.8 Å². The van der Waals surface area contributed by atoms with Crippen molar-refractivity contribution >= 4 is 61.7 Å². The maximum Gasteiger partial charge on any atom is 0.258 e. The van der Waals surface area contributed by atoms with Crippen LogP contribution >= 0.6 is 50.1 Å². The Hall–Kier alpha value is -0.660. The Kier molecular flexibility index (Phi) is 4.81. The van der Waals surface area contributed by atoms with E-state index in [1.807, 2.05) is 12.1 Å². The fourth-order valence-corrected chi connectivity index (χ4v) is 2.45. The molecule has 2 rings (SSSR count). The maximum absolute atomic E-state index is 13.6. The van der Waals surface area contributed by atoms with Crippen molar-refractivity contribution in [1.29, 1.82) is 0 Å². The van der Waals surface area contributed by atoms with E-state index in [-0.39, 0.29) is 10.6 Å². The molecular formula is C13H7BrClFINO. The molecule has 0 aliphatic heterocycles. The molecule has 0 fully saturated rings. The summed E-state index contributed by atoms with van der Waals surface area (Å²) in [5, 5.41) is 2.92. The van der Waals surface area contributed by atoms with Gasteiger partial charge in [0.15, 0.2) is 0 Å². The third-order valence-electron chi connectivity index (χ3n) is 2.35. The highest BCUT2D eigenvalue weighted by Gasteiger charge is 2.13. The topological polar surface area (TPSA) is 29.1 Å². The molecule has 0 heterocycles. The second-order valence-electron chi connectivity index (χ2n) is 3.70. The second kappa shape index (κ2) is 6.19. The highest BCUT2D eigenvalue weighted by Crippen LogP contribution is 2.24. The largest absolute Gasteiger partial charge is 0.321 e. The molecular weight excluding hydrogens is 447 g/mol. The standard InChI is InChI=1S/C13H7BrClFINO/c14-7-1-4-11(17)12(5-7)18-13(19)9-3-2-8(15)6-10(9)16/h1-6H,(H,18,19). The zero-order chi connectivity index (χ0) is 14.0. The lowest BCUT2D eigenvalue weighted by Gasteiger charge is -2.08. The van der Waals surface area contributed by atoms with E-state index in [1.165, 1.54) is 12.1 Å². The Morgan fingerprint density at radius 3 is 2.68 bits per heavy atom. The summed E-state index contributed by atoms with van der Waals surface area (Å²) in [5.74, 6) is -1.15. The number of anilines is 1. The van der Waals surface area contributed by atoms with Gasteiger partial charge in [-0.25, -0.2) is 4.39 Å². The highest BCUT2D eigenvalue weighted by atomic mass is 127. The molecule has 2 aromatic carbocycles. The van der Waals surface area contributed by atoms with Crippen LogP contribution in [0, 0.1) is 9.39 Å². The lowest BCUT2D eigenvalue weighted by Crippen LogP contribution is -2.14. The van der Waals surface area contributed by atoms with Gasteiger partial charge in [-0.05, 0) is 59.0 Å². The Morgan fingerprint density at radius 2 is 2.00 bits per heavy atom. The third kappa shape index (κ3) is 3.67. The molecule has 98 valence electrons. The number of halogens is 4. The van der Waals surface area contributed by atoms with E-state index in [4.69, 9.17) is 11.6 Å². The van der Waals surface area contributed by atoms with Crippen LogP contribution in [-0.4, -0.2) is 5.91 Å². The molecule has 0 saturated heterocycles. The minimum absolute atomic E-state index is 0.0415. The normalized spacial score (nSPS) is 10.3. The average Bonchev–Trinajstić information content (AvgIpc) is 2.33. The van der Waals surface area contributed by atoms with Gasteiger partial charge >= 0.3 is 0 Å². The van der Waals surface area contributed by atoms with Gasteiger partial charge in [0.1, 0.15) is 5.82 Å². The van der Waals surface area contributed by atoms with Crippen molar-refractivity contribution in [2.24, 2.45) is 0 Å². The Morgan fingerprint density at radius 1 is 1.26 bits per heavy atom. The summed E-state index contributed by atoms with van der Waals surface area (Å²) in [6.45, 7) is 0. The fraction of sp³-hybridized carbons (Fsp3) is 0. The molecule has 19 heavy (non-hydrogen) atoms. The van der Waals surface area contributed by atoms with Crippen molar-refractivity contribution in [1.82, 2.24) is 0 Å². The summed E-state index contributed by atoms with van der Waals surface area (Å²) in [4.78, 5) is 12.0. The minimum Gasteiger partial charge on any atom is -0.321 e. The number of rotatable bonds is 2. The molecule has 0 aliphatic rings. The van der Waals surface area contributed by atoms with Crippen LogP contribution in [0.3, 0.4) is 0 Å². The number of carbonyl (C=O) groups excluding carboxylic acids is 1. The first-order valence-electron chi connectivity index (χ1n) is 5.19. The second-order valence-corrected chi connectivity index (χ2v) is 6.22. The molecule has 0 radical (unpaired) electrons. The number of benzene rings is 2. The molecule has 0 unspecified atom stereocenters. The van der Waals surface area contributed by atoms with Gasteiger partial charge in [-0.2, -0.15) is 0 Å². The molecule has 0 aliphatic carbocycles. The van der Waals surface area contributed by atoms with E-state index in [0.29, 0.717) is 5.69 Å². The molecule has 1 amide bonds. The number of hydrogen-bond acceptors (Lipinski definition) is 1. The van der Waals surface area contributed by atoms with Crippen molar-refractivity contribution in [3.05, 3.63) is 60.8 Å². The fourth-order valence-electron chi connectivity index (χ4n) is 1.46. The highest BCUT2D eigenvalue weighted by molar-refractivity contribution is 14.1. The maximum atomic E-state index is 13.6. The Labute approximate surface area is 136 Å². The summed E-state index contributed by atoms with van der Waals surface area (Å²) in [6, 6.07) is 9.41. The van der Waals surface area contributed by atoms with E-state index in [1.54, 1.807) is 6.07 Å². The van der Waals surface area contributed by atoms with Crippen molar-refractivity contribution < 1.29 is 9.18 Å². The summed E-state index contributed by atoms with van der Waals surface area (Å²) < 4.78 is 15.3. The van der Waals surface area contributed by atoms with Crippen LogP contribution in [0.5, 0.6) is 0 Å². The smallest absolute Gasteiger partial charge is 0.258 e. The van der Waals surface area contributed by atoms with Crippen molar-refractivity contribution in [3.63, 3.8) is 0 Å². The number of hydrogen-bond donors (Lipinski definition) is 1. The summed E-state index contributed by atoms with van der Waals surface area (Å²) in [7, 11) is 0. The van der Waals surface area contributed by atoms with Gasteiger partial charge < -0.3 is 5.32 Å². The van der Waals surface area contributed by atoms with Gasteiger partial charge in [-0.15, -0.1) is 0 Å². The van der Waals surface area contributed by atoms with E-state index in [0.717, 1.165) is 14.1 Å². The van der Waals surface area contributed by atoms with Crippen LogP contribution in [0.4, 0.5) is 10.1 Å². The van der Waals surface area contributed by atoms with Crippen LogP contribution in [-0.2, 0) is 0 Å². The summed E-state index contributed by atoms with van der Waals surface area (Å²) in [6.07, 6.45) is 0. The molecule has 2 aromatic rings. The van der Waals surface area contributed by atoms with Gasteiger partial charge in [-0.3, -0.25) is 4.79 Å². The first-order chi connectivity index (χ1) is 8.97. The first-order valence-corrected chi connectivity index (χ1v) is 7.44. The van der Waals surface area contributed by atoms with E-state index < -0.39 is 11.7 Å². The van der Waals surface area contributed by atoms with E-state index in [9.17, 15) is 9.18 Å². The molecule has 0 bridgehead atoms. The van der Waals surface area contributed by atoms with Gasteiger partial charge in [0.2, 0.25) is 0 Å². The van der Waals surface area contributed by atoms with Crippen LogP contribution < -0.4 is 5.32 Å². The quantitative estimate of drug-likeness (QED) is 0.629. The molecule has 2 nitrogen and oxygen atoms in total. The van der Waals surface area contributed by atoms with Crippen molar-refractivity contribution in [2.45, 2.75) is 0 Å². The zero-order valence-corrected chi connectivity index (χ0v) is 13.9. The monoisotopic (exact) mass is 453 g/mol. The summed E-state index contributed by atoms with van der Waals surface area (Å²) in [5.41, 5.74) is 0.578. The van der Waals surface area contributed by atoms with Crippen LogP contribution in [0.25, 0.3) is 0 Å². The third-order valence-corrected chi connectivity index (χ3v) is 4.02. The Bertz CT molecular complexity index is 651. The van der Waals surface area contributed by atoms with Gasteiger partial charge in [0.25, 0.3) is 5.91 Å². The molecule has 0 aromatic heterocycles. The number of carbonyl (C=O) groups is 1. The van der Waals surface area contributed by atoms with Crippen molar-refractivity contribution in [2.75, 3.05) is 5.32 Å². The average molecular weight is 454 g/mol. The van der Waals surface area contributed by atoms with Crippen LogP contribution in [0.15, 0.2) is 40.9 Å². The Balaban J connectivity index is 2.28. The number of amides is 1. The van der Waals surface area contributed by atoms with Crippen LogP contribution in [0.2, 0.25) is 5.02 Å².